The second kappa shape index (κ2) is 10.6. The first-order valence-electron chi connectivity index (χ1n) is 10.8. The van der Waals surface area contributed by atoms with Gasteiger partial charge in [0.1, 0.15) is 15.7 Å². The smallest absolute Gasteiger partial charge is 0.301 e. The summed E-state index contributed by atoms with van der Waals surface area (Å²) in [5.74, 6) is -2.46. The summed E-state index contributed by atoms with van der Waals surface area (Å²) in [6, 6.07) is 18.5. The molecule has 38 heavy (non-hydrogen) atoms. The highest BCUT2D eigenvalue weighted by molar-refractivity contribution is 7.93. The number of aliphatic hydroxyl groups excluding tert-OH is 1. The molecule has 2 N–H and O–H groups in total. The molecule has 8 nitrogen and oxygen atoms in total. The molecule has 0 aliphatic carbocycles. The summed E-state index contributed by atoms with van der Waals surface area (Å²) in [4.78, 5) is 31.8. The van der Waals surface area contributed by atoms with Gasteiger partial charge in [-0.25, -0.2) is 13.4 Å². The van der Waals surface area contributed by atoms with E-state index in [9.17, 15) is 28.2 Å². The first-order chi connectivity index (χ1) is 17.7. The number of benzene rings is 3. The van der Waals surface area contributed by atoms with E-state index >= 15 is 0 Å². The second-order valence-corrected chi connectivity index (χ2v) is 11.7. The Morgan fingerprint density at radius 2 is 1.66 bits per heavy atom. The third-order valence-corrected chi connectivity index (χ3v) is 9.21. The molecule has 1 aliphatic rings. The number of thiazole rings is 1. The number of aliphatic hydroxyl groups is 1. The summed E-state index contributed by atoms with van der Waals surface area (Å²) in [5.41, 5.74) is 0.393. The number of halogens is 1. The molecule has 0 bridgehead atoms. The van der Waals surface area contributed by atoms with Crippen LogP contribution in [0.15, 0.2) is 99.7 Å². The molecule has 5 rings (SSSR count). The fourth-order valence-electron chi connectivity index (χ4n) is 4.00. The van der Waals surface area contributed by atoms with Crippen molar-refractivity contribution in [2.45, 2.75) is 15.1 Å². The van der Waals surface area contributed by atoms with Crippen LogP contribution in [0.1, 0.15) is 17.2 Å². The van der Waals surface area contributed by atoms with Crippen molar-refractivity contribution < 1.29 is 28.2 Å². The second-order valence-electron chi connectivity index (χ2n) is 8.05. The zero-order valence-electron chi connectivity index (χ0n) is 19.3. The van der Waals surface area contributed by atoms with Gasteiger partial charge in [0.15, 0.2) is 5.13 Å². The Kier molecular flexibility index (Phi) is 7.65. The highest BCUT2D eigenvalue weighted by Gasteiger charge is 2.48. The zero-order valence-corrected chi connectivity index (χ0v) is 22.7. The monoisotopic (exact) mass is 586 g/mol. The number of sulfone groups is 1. The van der Waals surface area contributed by atoms with Crippen LogP contribution in [0.3, 0.4) is 0 Å². The number of amides is 1. The maximum absolute atomic E-state index is 13.3. The van der Waals surface area contributed by atoms with Gasteiger partial charge in [0.25, 0.3) is 5.78 Å². The number of phenols is 1. The summed E-state index contributed by atoms with van der Waals surface area (Å²) >= 11 is 6.93. The number of phenolic OH excluding ortho intramolecular Hbond substituents is 1. The molecule has 3 aromatic carbocycles. The maximum Gasteiger partial charge on any atom is 0.301 e. The molecule has 1 aromatic heterocycles. The molecule has 0 radical (unpaired) electrons. The Labute approximate surface area is 233 Å². The van der Waals surface area contributed by atoms with Gasteiger partial charge < -0.3 is 10.2 Å². The van der Waals surface area contributed by atoms with Gasteiger partial charge in [-0.1, -0.05) is 53.3 Å². The molecular formula is C26H19ClN2O6S3. The zero-order chi connectivity index (χ0) is 26.3. The molecule has 0 spiro atoms. The van der Waals surface area contributed by atoms with E-state index in [0.717, 1.165) is 22.4 Å². The number of nitrogens with zero attached hydrogens (tertiary/aromatic N) is 2. The van der Waals surface area contributed by atoms with Crippen molar-refractivity contribution >= 4 is 68.9 Å². The Morgan fingerprint density at radius 1 is 0.974 bits per heavy atom. The van der Waals surface area contributed by atoms with Gasteiger partial charge in [0, 0.05) is 10.6 Å². The lowest BCUT2D eigenvalue weighted by Crippen LogP contribution is -2.29. The van der Waals surface area contributed by atoms with Gasteiger partial charge >= 0.3 is 5.91 Å². The minimum Gasteiger partial charge on any atom is -0.508 e. The van der Waals surface area contributed by atoms with Crippen molar-refractivity contribution in [2.75, 3.05) is 4.90 Å². The Morgan fingerprint density at radius 3 is 2.32 bits per heavy atom. The number of aromatic nitrogens is 1. The van der Waals surface area contributed by atoms with Crippen LogP contribution in [0.25, 0.3) is 5.76 Å². The number of rotatable bonds is 5. The van der Waals surface area contributed by atoms with Crippen molar-refractivity contribution in [3.63, 3.8) is 0 Å². The first kappa shape index (κ1) is 27.4. The summed E-state index contributed by atoms with van der Waals surface area (Å²) in [5, 5.41) is 21.0. The van der Waals surface area contributed by atoms with Crippen LogP contribution in [0.5, 0.6) is 5.75 Å². The summed E-state index contributed by atoms with van der Waals surface area (Å²) in [7, 11) is -3.92. The molecule has 194 valence electrons. The molecular weight excluding hydrogens is 568 g/mol. The van der Waals surface area contributed by atoms with Crippen LogP contribution in [0, 0.1) is 0 Å². The van der Waals surface area contributed by atoms with Crippen molar-refractivity contribution in [3.05, 3.63) is 107 Å². The standard InChI is InChI=1S/C26H17ClN2O6S2.H2S/c27-17-6-4-5-16(13-17)22-21(23(31)15-9-11-18(30)12-10-15)24(32)25(33)29(22)26-28-14-20(36-26)37(34,35)19-7-2-1-3-8-19;/h1-14,22,30-31H;1H2. The molecule has 1 aliphatic heterocycles. The van der Waals surface area contributed by atoms with E-state index < -0.39 is 33.3 Å². The number of ketones is 1. The van der Waals surface area contributed by atoms with Crippen LogP contribution in [-0.4, -0.2) is 35.3 Å². The van der Waals surface area contributed by atoms with E-state index in [-0.39, 0.29) is 44.6 Å². The number of aromatic hydroxyl groups is 1. The van der Waals surface area contributed by atoms with Crippen LogP contribution in [0.4, 0.5) is 5.13 Å². The third-order valence-electron chi connectivity index (χ3n) is 5.75. The number of carbonyl (C=O) groups is 2. The van der Waals surface area contributed by atoms with Crippen molar-refractivity contribution in [3.8, 4) is 5.75 Å². The number of carbonyl (C=O) groups excluding carboxylic acids is 2. The average molecular weight is 587 g/mol. The van der Waals surface area contributed by atoms with Crippen LogP contribution >= 0.6 is 36.4 Å². The molecule has 4 aromatic rings. The maximum atomic E-state index is 13.3. The molecule has 1 atom stereocenters. The Bertz CT molecular complexity index is 1670. The van der Waals surface area contributed by atoms with Crippen molar-refractivity contribution in [1.29, 1.82) is 0 Å². The minimum atomic E-state index is -3.92. The highest BCUT2D eigenvalue weighted by Crippen LogP contribution is 2.44. The molecule has 0 saturated carbocycles. The molecule has 1 unspecified atom stereocenters. The van der Waals surface area contributed by atoms with Gasteiger partial charge in [0.2, 0.25) is 9.84 Å². The van der Waals surface area contributed by atoms with Crippen LogP contribution < -0.4 is 4.90 Å². The fourth-order valence-corrected chi connectivity index (χ4v) is 6.77. The average Bonchev–Trinajstić information content (AvgIpc) is 3.48. The SMILES string of the molecule is O=C1C(=O)N(c2ncc(S(=O)(=O)c3ccccc3)s2)C(c2cccc(Cl)c2)C1=C(O)c1ccc(O)cc1.S. The fraction of sp³-hybridized carbons (Fsp3) is 0.0385. The number of hydrogen-bond acceptors (Lipinski definition) is 8. The van der Waals surface area contributed by atoms with Crippen molar-refractivity contribution in [1.82, 2.24) is 4.98 Å². The van der Waals surface area contributed by atoms with E-state index in [1.54, 1.807) is 42.5 Å². The van der Waals surface area contributed by atoms with E-state index in [1.807, 2.05) is 0 Å². The predicted octanol–water partition coefficient (Wildman–Crippen LogP) is 5.07. The first-order valence-corrected chi connectivity index (χ1v) is 13.5. The Balaban J connectivity index is 0.00000336. The molecule has 1 amide bonds. The quantitative estimate of drug-likeness (QED) is 0.190. The number of Topliss-reactive ketones (excluding diaryl/α,β-unsaturated/α-hetero) is 1. The van der Waals surface area contributed by atoms with Gasteiger partial charge in [0.05, 0.1) is 22.7 Å². The highest BCUT2D eigenvalue weighted by atomic mass is 35.5. The van der Waals surface area contributed by atoms with Crippen LogP contribution in [-0.2, 0) is 19.4 Å². The van der Waals surface area contributed by atoms with E-state index in [1.165, 1.54) is 36.4 Å². The lowest BCUT2D eigenvalue weighted by atomic mass is 9.95. The van der Waals surface area contributed by atoms with E-state index in [2.05, 4.69) is 4.98 Å². The lowest BCUT2D eigenvalue weighted by Gasteiger charge is -2.23. The number of hydrogen-bond donors (Lipinski definition) is 2. The summed E-state index contributed by atoms with van der Waals surface area (Å²) < 4.78 is 26.1. The third kappa shape index (κ3) is 4.81. The van der Waals surface area contributed by atoms with Gasteiger partial charge in [-0.15, -0.1) is 0 Å². The van der Waals surface area contributed by atoms with Gasteiger partial charge in [-0.05, 0) is 54.1 Å². The minimum absolute atomic E-state index is 0. The van der Waals surface area contributed by atoms with Crippen LogP contribution in [0.2, 0.25) is 5.02 Å². The lowest BCUT2D eigenvalue weighted by molar-refractivity contribution is -0.132. The summed E-state index contributed by atoms with van der Waals surface area (Å²) in [6.45, 7) is 0. The molecule has 12 heteroatoms. The van der Waals surface area contributed by atoms with Gasteiger partial charge in [-0.3, -0.25) is 14.5 Å². The van der Waals surface area contributed by atoms with E-state index in [4.69, 9.17) is 11.6 Å². The number of anilines is 1. The largest absolute Gasteiger partial charge is 0.508 e. The molecule has 1 fully saturated rings. The normalized spacial score (nSPS) is 16.9. The molecule has 2 heterocycles. The topological polar surface area (TPSA) is 125 Å². The molecule has 1 saturated heterocycles. The van der Waals surface area contributed by atoms with Crippen molar-refractivity contribution in [2.24, 2.45) is 0 Å². The van der Waals surface area contributed by atoms with E-state index in [0.29, 0.717) is 10.6 Å². The van der Waals surface area contributed by atoms with Gasteiger partial charge in [-0.2, -0.15) is 13.5 Å². The predicted molar refractivity (Wildman–Crippen MR) is 149 cm³/mol. The Hall–Kier alpha value is -3.64. The summed E-state index contributed by atoms with van der Waals surface area (Å²) in [6.07, 6.45) is 1.14.